The summed E-state index contributed by atoms with van der Waals surface area (Å²) in [6, 6.07) is 2.33. The summed E-state index contributed by atoms with van der Waals surface area (Å²) in [5, 5.41) is 5.34. The van der Waals surface area contributed by atoms with E-state index in [1.165, 1.54) is 6.26 Å². The number of hydrogen-bond acceptors (Lipinski definition) is 4. The minimum Gasteiger partial charge on any atom is -0.459 e. The summed E-state index contributed by atoms with van der Waals surface area (Å²) in [7, 11) is 0. The van der Waals surface area contributed by atoms with Gasteiger partial charge in [0.15, 0.2) is 5.76 Å². The maximum atomic E-state index is 13.1. The number of carbonyl (C=O) groups excluding carboxylic acids is 2. The fraction of sp³-hybridized carbons (Fsp3) is 0.600. The van der Waals surface area contributed by atoms with Crippen LogP contribution in [0.3, 0.4) is 0 Å². The van der Waals surface area contributed by atoms with Gasteiger partial charge in [0.05, 0.1) is 18.8 Å². The number of nitrogens with one attached hydrogen (secondary N) is 2. The molecule has 3 rings (SSSR count). The average molecular weight is 364 g/mol. The number of alkyl halides is 2. The van der Waals surface area contributed by atoms with Crippen LogP contribution in [0.4, 0.5) is 8.78 Å². The molecule has 2 saturated heterocycles. The number of carbonyl (C=O) groups is 2. The van der Waals surface area contributed by atoms with Crippen molar-refractivity contribution in [1.82, 2.24) is 15.5 Å². The number of hydrogen-bond donors (Lipinski definition) is 2. The molecule has 0 spiro atoms. The molecule has 2 aliphatic rings. The standard InChI is InChI=1S/C15H19F2N3O3.ClH/c16-15(17)8-11(18-9-15)13(21)19-10-3-5-20(6-4-10)14(22)12-2-1-7-23-12;/h1-2,7,10-11,18H,3-6,8-9H2,(H,19,21);1H. The van der Waals surface area contributed by atoms with E-state index in [0.717, 1.165) is 0 Å². The molecule has 0 bridgehead atoms. The maximum Gasteiger partial charge on any atom is 0.289 e. The van der Waals surface area contributed by atoms with Crippen molar-refractivity contribution >= 4 is 24.2 Å². The van der Waals surface area contributed by atoms with Gasteiger partial charge in [-0.15, -0.1) is 12.4 Å². The lowest BCUT2D eigenvalue weighted by Crippen LogP contribution is -2.50. The van der Waals surface area contributed by atoms with E-state index in [9.17, 15) is 18.4 Å². The van der Waals surface area contributed by atoms with Crippen molar-refractivity contribution in [1.29, 1.82) is 0 Å². The lowest BCUT2D eigenvalue weighted by Gasteiger charge is -2.32. The van der Waals surface area contributed by atoms with E-state index in [0.29, 0.717) is 31.7 Å². The molecule has 2 amide bonds. The molecule has 24 heavy (non-hydrogen) atoms. The summed E-state index contributed by atoms with van der Waals surface area (Å²) < 4.78 is 31.3. The van der Waals surface area contributed by atoms with Gasteiger partial charge in [-0.25, -0.2) is 8.78 Å². The topological polar surface area (TPSA) is 74.6 Å². The molecule has 1 aromatic rings. The van der Waals surface area contributed by atoms with Crippen LogP contribution >= 0.6 is 12.4 Å². The summed E-state index contributed by atoms with van der Waals surface area (Å²) >= 11 is 0. The van der Waals surface area contributed by atoms with E-state index in [2.05, 4.69) is 10.6 Å². The van der Waals surface area contributed by atoms with Crippen molar-refractivity contribution in [2.75, 3.05) is 19.6 Å². The van der Waals surface area contributed by atoms with E-state index in [-0.39, 0.29) is 24.4 Å². The van der Waals surface area contributed by atoms with Crippen LogP contribution < -0.4 is 10.6 Å². The molecular weight excluding hydrogens is 344 g/mol. The SMILES string of the molecule is Cl.O=C(NC1CCN(C(=O)c2ccco2)CC1)C1CC(F)(F)CN1. The minimum absolute atomic E-state index is 0. The van der Waals surface area contributed by atoms with Crippen LogP contribution in [-0.4, -0.2) is 54.4 Å². The molecule has 0 aliphatic carbocycles. The summed E-state index contributed by atoms with van der Waals surface area (Å²) in [6.45, 7) is 0.540. The van der Waals surface area contributed by atoms with Gasteiger partial charge in [0, 0.05) is 25.6 Å². The molecule has 0 saturated carbocycles. The molecule has 2 N–H and O–H groups in total. The highest BCUT2D eigenvalue weighted by Crippen LogP contribution is 2.25. The predicted octanol–water partition coefficient (Wildman–Crippen LogP) is 1.42. The smallest absolute Gasteiger partial charge is 0.289 e. The minimum atomic E-state index is -2.82. The van der Waals surface area contributed by atoms with Crippen LogP contribution in [-0.2, 0) is 4.79 Å². The number of furan rings is 1. The Balaban J connectivity index is 0.00000208. The highest BCUT2D eigenvalue weighted by Gasteiger charge is 2.42. The number of rotatable bonds is 3. The zero-order chi connectivity index (χ0) is 16.4. The Morgan fingerprint density at radius 1 is 1.33 bits per heavy atom. The lowest BCUT2D eigenvalue weighted by molar-refractivity contribution is -0.124. The van der Waals surface area contributed by atoms with Crippen LogP contribution in [0.2, 0.25) is 0 Å². The molecule has 2 aliphatic heterocycles. The molecule has 0 radical (unpaired) electrons. The fourth-order valence-electron chi connectivity index (χ4n) is 2.99. The quantitative estimate of drug-likeness (QED) is 0.851. The summed E-state index contributed by atoms with van der Waals surface area (Å²) in [5.41, 5.74) is 0. The third-order valence-electron chi connectivity index (χ3n) is 4.29. The zero-order valence-corrected chi connectivity index (χ0v) is 13.8. The molecule has 1 aromatic heterocycles. The number of piperidine rings is 1. The van der Waals surface area contributed by atoms with Crippen molar-refractivity contribution in [2.45, 2.75) is 37.3 Å². The lowest BCUT2D eigenvalue weighted by atomic mass is 10.0. The first-order chi connectivity index (χ1) is 10.9. The van der Waals surface area contributed by atoms with Gasteiger partial charge in [0.1, 0.15) is 0 Å². The van der Waals surface area contributed by atoms with E-state index in [1.807, 2.05) is 0 Å². The van der Waals surface area contributed by atoms with Crippen molar-refractivity contribution in [3.63, 3.8) is 0 Å². The van der Waals surface area contributed by atoms with Crippen LogP contribution in [0.15, 0.2) is 22.8 Å². The monoisotopic (exact) mass is 363 g/mol. The highest BCUT2D eigenvalue weighted by atomic mass is 35.5. The van der Waals surface area contributed by atoms with Crippen molar-refractivity contribution in [2.24, 2.45) is 0 Å². The number of halogens is 3. The molecule has 134 valence electrons. The van der Waals surface area contributed by atoms with E-state index in [1.54, 1.807) is 17.0 Å². The van der Waals surface area contributed by atoms with E-state index in [4.69, 9.17) is 4.42 Å². The second kappa shape index (κ2) is 7.48. The van der Waals surface area contributed by atoms with Crippen LogP contribution in [0.25, 0.3) is 0 Å². The summed E-state index contributed by atoms with van der Waals surface area (Å²) in [6.07, 6.45) is 2.18. The van der Waals surface area contributed by atoms with Gasteiger partial charge in [0.2, 0.25) is 5.91 Å². The Kier molecular flexibility index (Phi) is 5.82. The number of nitrogens with zero attached hydrogens (tertiary/aromatic N) is 1. The molecule has 6 nitrogen and oxygen atoms in total. The Labute approximate surface area is 144 Å². The highest BCUT2D eigenvalue weighted by molar-refractivity contribution is 5.91. The summed E-state index contributed by atoms with van der Waals surface area (Å²) in [4.78, 5) is 25.8. The van der Waals surface area contributed by atoms with Crippen molar-refractivity contribution in [3.8, 4) is 0 Å². The first-order valence-electron chi connectivity index (χ1n) is 7.69. The van der Waals surface area contributed by atoms with Gasteiger partial charge in [0.25, 0.3) is 11.8 Å². The number of likely N-dealkylation sites (tertiary alicyclic amines) is 1. The first-order valence-corrected chi connectivity index (χ1v) is 7.69. The summed E-state index contributed by atoms with van der Waals surface area (Å²) in [5.74, 6) is -3.08. The Morgan fingerprint density at radius 2 is 2.04 bits per heavy atom. The molecule has 9 heteroatoms. The van der Waals surface area contributed by atoms with Gasteiger partial charge in [-0.2, -0.15) is 0 Å². The van der Waals surface area contributed by atoms with Crippen LogP contribution in [0, 0.1) is 0 Å². The van der Waals surface area contributed by atoms with Gasteiger partial charge >= 0.3 is 0 Å². The van der Waals surface area contributed by atoms with Gasteiger partial charge in [-0.05, 0) is 25.0 Å². The van der Waals surface area contributed by atoms with Gasteiger partial charge in [-0.1, -0.05) is 0 Å². The Hall–Kier alpha value is -1.67. The van der Waals surface area contributed by atoms with Gasteiger partial charge < -0.3 is 14.6 Å². The third-order valence-corrected chi connectivity index (χ3v) is 4.29. The fourth-order valence-corrected chi connectivity index (χ4v) is 2.99. The normalized spacial score (nSPS) is 23.6. The molecule has 1 unspecified atom stereocenters. The largest absolute Gasteiger partial charge is 0.459 e. The molecular formula is C15H20ClF2N3O3. The predicted molar refractivity (Wildman–Crippen MR) is 84.4 cm³/mol. The van der Waals surface area contributed by atoms with Gasteiger partial charge in [-0.3, -0.25) is 14.9 Å². The second-order valence-electron chi connectivity index (χ2n) is 6.05. The van der Waals surface area contributed by atoms with Crippen molar-refractivity contribution in [3.05, 3.63) is 24.2 Å². The van der Waals surface area contributed by atoms with E-state index < -0.39 is 30.8 Å². The van der Waals surface area contributed by atoms with Crippen LogP contribution in [0.5, 0.6) is 0 Å². The molecule has 0 aromatic carbocycles. The second-order valence-corrected chi connectivity index (χ2v) is 6.05. The zero-order valence-electron chi connectivity index (χ0n) is 13.0. The molecule has 1 atom stereocenters. The average Bonchev–Trinajstić information content (AvgIpc) is 3.16. The molecule has 3 heterocycles. The first kappa shape index (κ1) is 18.7. The Bertz CT molecular complexity index is 575. The number of amides is 2. The molecule has 2 fully saturated rings. The van der Waals surface area contributed by atoms with E-state index >= 15 is 0 Å². The third kappa shape index (κ3) is 4.24. The Morgan fingerprint density at radius 3 is 2.58 bits per heavy atom. The van der Waals surface area contributed by atoms with Crippen molar-refractivity contribution < 1.29 is 22.8 Å². The van der Waals surface area contributed by atoms with Crippen LogP contribution in [0.1, 0.15) is 29.8 Å². The maximum absolute atomic E-state index is 13.1.